The predicted octanol–water partition coefficient (Wildman–Crippen LogP) is 1.65. The van der Waals surface area contributed by atoms with E-state index in [4.69, 9.17) is 9.84 Å². The molecule has 0 aromatic carbocycles. The predicted molar refractivity (Wildman–Crippen MR) is 49.1 cm³/mol. The zero-order valence-corrected chi connectivity index (χ0v) is 8.55. The van der Waals surface area contributed by atoms with E-state index >= 15 is 0 Å². The number of aliphatic hydroxyl groups excluding tert-OH is 1. The van der Waals surface area contributed by atoms with Crippen LogP contribution in [-0.4, -0.2) is 17.2 Å². The second kappa shape index (κ2) is 3.87. The molecule has 0 amide bonds. The van der Waals surface area contributed by atoms with Crippen molar-refractivity contribution in [2.45, 2.75) is 13.5 Å². The fourth-order valence-corrected chi connectivity index (χ4v) is 1.25. The number of aromatic nitrogens is 1. The van der Waals surface area contributed by atoms with Gasteiger partial charge < -0.3 is 9.84 Å². The maximum absolute atomic E-state index is 8.92. The van der Waals surface area contributed by atoms with Crippen LogP contribution in [0.5, 0.6) is 5.88 Å². The van der Waals surface area contributed by atoms with Crippen LogP contribution in [-0.2, 0) is 6.61 Å². The Kier molecular flexibility index (Phi) is 3.05. The lowest BCUT2D eigenvalue weighted by atomic mass is 10.2. The summed E-state index contributed by atoms with van der Waals surface area (Å²) < 4.78 is 5.86. The van der Waals surface area contributed by atoms with Gasteiger partial charge >= 0.3 is 0 Å². The highest BCUT2D eigenvalue weighted by molar-refractivity contribution is 9.10. The Bertz CT molecular complexity index is 260. The summed E-state index contributed by atoms with van der Waals surface area (Å²) in [4.78, 5) is 4.13. The van der Waals surface area contributed by atoms with Crippen LogP contribution in [0.25, 0.3) is 0 Å². The molecular weight excluding hydrogens is 222 g/mol. The van der Waals surface area contributed by atoms with Crippen molar-refractivity contribution < 1.29 is 9.84 Å². The van der Waals surface area contributed by atoms with Crippen LogP contribution < -0.4 is 4.74 Å². The third-order valence-electron chi connectivity index (χ3n) is 1.55. The van der Waals surface area contributed by atoms with Crippen LogP contribution in [0.2, 0.25) is 0 Å². The number of nitrogens with zero attached hydrogens (tertiary/aromatic N) is 1. The van der Waals surface area contributed by atoms with Crippen LogP contribution >= 0.6 is 15.9 Å². The Morgan fingerprint density at radius 2 is 2.33 bits per heavy atom. The van der Waals surface area contributed by atoms with Crippen LogP contribution in [0, 0.1) is 6.92 Å². The molecule has 1 rings (SSSR count). The van der Waals surface area contributed by atoms with Gasteiger partial charge in [0.05, 0.1) is 19.4 Å². The fraction of sp³-hybridized carbons (Fsp3) is 0.375. The summed E-state index contributed by atoms with van der Waals surface area (Å²) >= 11 is 3.32. The maximum atomic E-state index is 8.92. The van der Waals surface area contributed by atoms with Crippen molar-refractivity contribution in [1.82, 2.24) is 4.98 Å². The Morgan fingerprint density at radius 1 is 1.67 bits per heavy atom. The van der Waals surface area contributed by atoms with Gasteiger partial charge in [-0.25, -0.2) is 4.98 Å². The molecule has 0 spiro atoms. The van der Waals surface area contributed by atoms with Gasteiger partial charge in [0, 0.05) is 10.0 Å². The third-order valence-corrected chi connectivity index (χ3v) is 2.36. The number of aliphatic hydroxyl groups is 1. The lowest BCUT2D eigenvalue weighted by molar-refractivity contribution is 0.271. The van der Waals surface area contributed by atoms with Crippen molar-refractivity contribution >= 4 is 15.9 Å². The van der Waals surface area contributed by atoms with E-state index in [1.807, 2.05) is 6.92 Å². The number of hydrogen-bond acceptors (Lipinski definition) is 3. The Labute approximate surface area is 79.5 Å². The van der Waals surface area contributed by atoms with Crippen LogP contribution in [0.4, 0.5) is 0 Å². The normalized spacial score (nSPS) is 10.0. The zero-order chi connectivity index (χ0) is 9.14. The lowest BCUT2D eigenvalue weighted by Gasteiger charge is -2.06. The molecule has 4 heteroatoms. The number of ether oxygens (including phenoxy) is 1. The van der Waals surface area contributed by atoms with Crippen molar-refractivity contribution in [2.24, 2.45) is 0 Å². The Balaban J connectivity index is 3.19. The van der Waals surface area contributed by atoms with Crippen LogP contribution in [0.15, 0.2) is 10.5 Å². The molecule has 0 bridgehead atoms. The van der Waals surface area contributed by atoms with Gasteiger partial charge in [0.2, 0.25) is 5.88 Å². The summed E-state index contributed by atoms with van der Waals surface area (Å²) in [7, 11) is 1.54. The Hall–Kier alpha value is -0.610. The molecular formula is C8H10BrNO2. The summed E-state index contributed by atoms with van der Waals surface area (Å²) in [6.45, 7) is 1.81. The quantitative estimate of drug-likeness (QED) is 0.842. The highest BCUT2D eigenvalue weighted by Crippen LogP contribution is 2.22. The molecule has 3 nitrogen and oxygen atoms in total. The molecule has 0 saturated carbocycles. The molecule has 12 heavy (non-hydrogen) atoms. The standard InChI is InChI=1S/C8H10BrNO2/c1-5-7(9)3-6(4-11)8(10-5)12-2/h3,11H,4H2,1-2H3. The minimum atomic E-state index is -0.0605. The van der Waals surface area contributed by atoms with Crippen molar-refractivity contribution in [3.8, 4) is 5.88 Å². The molecule has 0 atom stereocenters. The summed E-state index contributed by atoms with van der Waals surface area (Å²) in [5.41, 5.74) is 1.54. The topological polar surface area (TPSA) is 42.4 Å². The van der Waals surface area contributed by atoms with E-state index in [0.717, 1.165) is 10.2 Å². The molecule has 0 unspecified atom stereocenters. The number of aryl methyl sites for hydroxylation is 1. The van der Waals surface area contributed by atoms with Gasteiger partial charge in [-0.2, -0.15) is 0 Å². The van der Waals surface area contributed by atoms with E-state index in [0.29, 0.717) is 11.4 Å². The van der Waals surface area contributed by atoms with E-state index in [2.05, 4.69) is 20.9 Å². The lowest BCUT2D eigenvalue weighted by Crippen LogP contribution is -1.97. The summed E-state index contributed by atoms with van der Waals surface area (Å²) in [6, 6.07) is 1.81. The highest BCUT2D eigenvalue weighted by atomic mass is 79.9. The van der Waals surface area contributed by atoms with Gasteiger partial charge in [0.1, 0.15) is 0 Å². The fourth-order valence-electron chi connectivity index (χ4n) is 0.887. The average molecular weight is 232 g/mol. The molecule has 0 fully saturated rings. The van der Waals surface area contributed by atoms with Gasteiger partial charge in [-0.1, -0.05) is 0 Å². The minimum Gasteiger partial charge on any atom is -0.481 e. The molecule has 0 aliphatic rings. The first-order valence-electron chi connectivity index (χ1n) is 3.50. The van der Waals surface area contributed by atoms with E-state index in [1.165, 1.54) is 7.11 Å². The smallest absolute Gasteiger partial charge is 0.218 e. The molecule has 0 saturated heterocycles. The second-order valence-electron chi connectivity index (χ2n) is 2.38. The monoisotopic (exact) mass is 231 g/mol. The van der Waals surface area contributed by atoms with Gasteiger partial charge in [-0.15, -0.1) is 0 Å². The number of pyridine rings is 1. The number of halogens is 1. The summed E-state index contributed by atoms with van der Waals surface area (Å²) in [5, 5.41) is 8.92. The number of hydrogen-bond donors (Lipinski definition) is 1. The van der Waals surface area contributed by atoms with Crippen LogP contribution in [0.1, 0.15) is 11.3 Å². The molecule has 0 aliphatic heterocycles. The maximum Gasteiger partial charge on any atom is 0.218 e. The molecule has 1 aromatic rings. The van der Waals surface area contributed by atoms with Crippen molar-refractivity contribution in [3.63, 3.8) is 0 Å². The van der Waals surface area contributed by atoms with E-state index in [1.54, 1.807) is 6.07 Å². The van der Waals surface area contributed by atoms with Gasteiger partial charge in [0.15, 0.2) is 0 Å². The molecule has 1 N–H and O–H groups in total. The van der Waals surface area contributed by atoms with E-state index in [-0.39, 0.29) is 6.61 Å². The highest BCUT2D eigenvalue weighted by Gasteiger charge is 2.06. The van der Waals surface area contributed by atoms with E-state index < -0.39 is 0 Å². The van der Waals surface area contributed by atoms with Gasteiger partial charge in [-0.05, 0) is 28.9 Å². The summed E-state index contributed by atoms with van der Waals surface area (Å²) in [6.07, 6.45) is 0. The van der Waals surface area contributed by atoms with Crippen molar-refractivity contribution in [2.75, 3.05) is 7.11 Å². The number of rotatable bonds is 2. The van der Waals surface area contributed by atoms with Crippen molar-refractivity contribution in [3.05, 3.63) is 21.8 Å². The van der Waals surface area contributed by atoms with E-state index in [9.17, 15) is 0 Å². The molecule has 0 aliphatic carbocycles. The second-order valence-corrected chi connectivity index (χ2v) is 3.24. The molecule has 1 heterocycles. The summed E-state index contributed by atoms with van der Waals surface area (Å²) in [5.74, 6) is 0.484. The molecule has 1 aromatic heterocycles. The molecule has 0 radical (unpaired) electrons. The zero-order valence-electron chi connectivity index (χ0n) is 6.97. The van der Waals surface area contributed by atoms with Gasteiger partial charge in [0.25, 0.3) is 0 Å². The Morgan fingerprint density at radius 3 is 2.83 bits per heavy atom. The molecule has 66 valence electrons. The SMILES string of the molecule is COc1nc(C)c(Br)cc1CO. The first-order chi connectivity index (χ1) is 5.69. The first kappa shape index (κ1) is 9.48. The largest absolute Gasteiger partial charge is 0.481 e. The first-order valence-corrected chi connectivity index (χ1v) is 4.29. The van der Waals surface area contributed by atoms with Gasteiger partial charge in [-0.3, -0.25) is 0 Å². The third kappa shape index (κ3) is 1.76. The minimum absolute atomic E-state index is 0.0605. The van der Waals surface area contributed by atoms with Crippen molar-refractivity contribution in [1.29, 1.82) is 0 Å². The van der Waals surface area contributed by atoms with Crippen LogP contribution in [0.3, 0.4) is 0 Å². The number of methoxy groups -OCH3 is 1. The average Bonchev–Trinajstić information content (AvgIpc) is 2.09.